The Kier molecular flexibility index (Phi) is 5.97. The second kappa shape index (κ2) is 8.10. The fraction of sp³-hybridized carbons (Fsp3) is 0.368. The lowest BCUT2D eigenvalue weighted by Gasteiger charge is -2.35. The Balaban J connectivity index is 1.93. The molecule has 0 aliphatic carbocycles. The third kappa shape index (κ3) is 5.24. The maximum atomic E-state index is 12.4. The Bertz CT molecular complexity index is 892. The number of hydrogen-bond acceptors (Lipinski definition) is 5. The lowest BCUT2D eigenvalue weighted by molar-refractivity contribution is -0.274. The fourth-order valence-electron chi connectivity index (χ4n) is 3.30. The SMILES string of the molecule is CS(=O)(=O)c1ccc([C@H](c2ccc(OC(F)(F)F)cc2)N2CCNCC2)cc1. The number of nitrogens with one attached hydrogen (secondary N) is 1. The summed E-state index contributed by atoms with van der Waals surface area (Å²) >= 11 is 0. The molecule has 152 valence electrons. The minimum absolute atomic E-state index is 0.198. The standard InChI is InChI=1S/C19H21F3N2O3S/c1-28(25,26)17-8-4-15(5-9-17)18(24-12-10-23-11-13-24)14-2-6-16(7-3-14)27-19(20,21)22/h2-9,18,23H,10-13H2,1H3/t18-/m0/s1. The van der Waals surface area contributed by atoms with Crippen molar-refractivity contribution in [1.82, 2.24) is 10.2 Å². The summed E-state index contributed by atoms with van der Waals surface area (Å²) < 4.78 is 64.6. The molecule has 0 amide bonds. The molecule has 3 rings (SSSR count). The number of ether oxygens (including phenoxy) is 1. The van der Waals surface area contributed by atoms with Crippen molar-refractivity contribution >= 4 is 9.84 Å². The van der Waals surface area contributed by atoms with Gasteiger partial charge in [-0.05, 0) is 35.4 Å². The fourth-order valence-corrected chi connectivity index (χ4v) is 3.93. The van der Waals surface area contributed by atoms with Crippen LogP contribution in [0.5, 0.6) is 5.75 Å². The van der Waals surface area contributed by atoms with E-state index in [2.05, 4.69) is 15.0 Å². The molecule has 0 bridgehead atoms. The largest absolute Gasteiger partial charge is 0.573 e. The van der Waals surface area contributed by atoms with E-state index < -0.39 is 16.2 Å². The van der Waals surface area contributed by atoms with Crippen molar-refractivity contribution in [1.29, 1.82) is 0 Å². The van der Waals surface area contributed by atoms with Crippen LogP contribution >= 0.6 is 0 Å². The van der Waals surface area contributed by atoms with Crippen LogP contribution in [0.1, 0.15) is 17.2 Å². The van der Waals surface area contributed by atoms with Crippen LogP contribution < -0.4 is 10.1 Å². The molecule has 0 saturated carbocycles. The molecule has 1 atom stereocenters. The third-order valence-corrected chi connectivity index (χ3v) is 5.70. The van der Waals surface area contributed by atoms with Gasteiger partial charge in [0.25, 0.3) is 0 Å². The summed E-state index contributed by atoms with van der Waals surface area (Å²) in [6.45, 7) is 3.12. The molecule has 0 spiro atoms. The maximum Gasteiger partial charge on any atom is 0.573 e. The molecule has 2 aromatic carbocycles. The highest BCUT2D eigenvalue weighted by molar-refractivity contribution is 7.90. The summed E-state index contributed by atoms with van der Waals surface area (Å²) in [7, 11) is -3.30. The smallest absolute Gasteiger partial charge is 0.406 e. The first-order valence-corrected chi connectivity index (χ1v) is 10.6. The van der Waals surface area contributed by atoms with Crippen LogP contribution in [-0.4, -0.2) is 52.1 Å². The van der Waals surface area contributed by atoms with Crippen LogP contribution in [0.2, 0.25) is 0 Å². The molecule has 0 radical (unpaired) electrons. The van der Waals surface area contributed by atoms with Gasteiger partial charge in [-0.15, -0.1) is 13.2 Å². The van der Waals surface area contributed by atoms with Crippen molar-refractivity contribution in [3.63, 3.8) is 0 Å². The Labute approximate surface area is 162 Å². The lowest BCUT2D eigenvalue weighted by Crippen LogP contribution is -2.45. The van der Waals surface area contributed by atoms with Gasteiger partial charge in [0.05, 0.1) is 10.9 Å². The number of benzene rings is 2. The van der Waals surface area contributed by atoms with Gasteiger partial charge < -0.3 is 10.1 Å². The van der Waals surface area contributed by atoms with Crippen LogP contribution in [0.15, 0.2) is 53.4 Å². The van der Waals surface area contributed by atoms with Gasteiger partial charge in [-0.1, -0.05) is 24.3 Å². The topological polar surface area (TPSA) is 58.6 Å². The number of alkyl halides is 3. The molecule has 28 heavy (non-hydrogen) atoms. The van der Waals surface area contributed by atoms with Gasteiger partial charge in [0.1, 0.15) is 5.75 Å². The molecule has 1 aliphatic heterocycles. The molecule has 0 aromatic heterocycles. The first-order valence-electron chi connectivity index (χ1n) is 8.74. The first-order chi connectivity index (χ1) is 13.1. The van der Waals surface area contributed by atoms with E-state index in [0.717, 1.165) is 43.6 Å². The Morgan fingerprint density at radius 1 is 0.964 bits per heavy atom. The Hall–Kier alpha value is -2.10. The molecule has 1 saturated heterocycles. The molecular formula is C19H21F3N2O3S. The quantitative estimate of drug-likeness (QED) is 0.815. The summed E-state index contributed by atoms with van der Waals surface area (Å²) in [5, 5.41) is 3.27. The minimum Gasteiger partial charge on any atom is -0.406 e. The monoisotopic (exact) mass is 414 g/mol. The van der Waals surface area contributed by atoms with Crippen molar-refractivity contribution in [2.45, 2.75) is 17.3 Å². The molecular weight excluding hydrogens is 393 g/mol. The number of halogens is 3. The summed E-state index contributed by atoms with van der Waals surface area (Å²) in [6, 6.07) is 12.2. The van der Waals surface area contributed by atoms with Crippen LogP contribution in [0.3, 0.4) is 0 Å². The van der Waals surface area contributed by atoms with Crippen molar-refractivity contribution < 1.29 is 26.3 Å². The van der Waals surface area contributed by atoms with E-state index >= 15 is 0 Å². The molecule has 2 aromatic rings. The predicted octanol–water partition coefficient (Wildman–Crippen LogP) is 2.98. The number of hydrogen-bond donors (Lipinski definition) is 1. The second-order valence-electron chi connectivity index (χ2n) is 6.65. The highest BCUT2D eigenvalue weighted by atomic mass is 32.2. The molecule has 0 unspecified atom stereocenters. The minimum atomic E-state index is -4.74. The second-order valence-corrected chi connectivity index (χ2v) is 8.66. The van der Waals surface area contributed by atoms with E-state index in [0.29, 0.717) is 0 Å². The molecule has 1 heterocycles. The summed E-state index contributed by atoms with van der Waals surface area (Å²) in [6.07, 6.45) is -3.59. The van der Waals surface area contributed by atoms with Gasteiger partial charge in [0, 0.05) is 32.4 Å². The van der Waals surface area contributed by atoms with E-state index in [1.165, 1.54) is 12.1 Å². The average molecular weight is 414 g/mol. The van der Waals surface area contributed by atoms with Crippen molar-refractivity contribution in [2.24, 2.45) is 0 Å². The van der Waals surface area contributed by atoms with Gasteiger partial charge in [0.2, 0.25) is 0 Å². The Morgan fingerprint density at radius 3 is 1.93 bits per heavy atom. The summed E-state index contributed by atoms with van der Waals surface area (Å²) in [5.74, 6) is -0.275. The number of piperazine rings is 1. The zero-order valence-electron chi connectivity index (χ0n) is 15.2. The van der Waals surface area contributed by atoms with Gasteiger partial charge in [0.15, 0.2) is 9.84 Å². The number of sulfone groups is 1. The third-order valence-electron chi connectivity index (χ3n) is 4.57. The van der Waals surface area contributed by atoms with Gasteiger partial charge in [-0.25, -0.2) is 8.42 Å². The lowest BCUT2D eigenvalue weighted by atomic mass is 9.96. The van der Waals surface area contributed by atoms with Crippen LogP contribution in [-0.2, 0) is 9.84 Å². The van der Waals surface area contributed by atoms with E-state index in [4.69, 9.17) is 0 Å². The molecule has 1 N–H and O–H groups in total. The van der Waals surface area contributed by atoms with Crippen molar-refractivity contribution in [2.75, 3.05) is 32.4 Å². The predicted molar refractivity (Wildman–Crippen MR) is 99.0 cm³/mol. The van der Waals surface area contributed by atoms with Crippen LogP contribution in [0.25, 0.3) is 0 Å². The van der Waals surface area contributed by atoms with Crippen molar-refractivity contribution in [3.05, 3.63) is 59.7 Å². The highest BCUT2D eigenvalue weighted by Crippen LogP contribution is 2.32. The zero-order valence-corrected chi connectivity index (χ0v) is 16.1. The van der Waals surface area contributed by atoms with Gasteiger partial charge in [-0.3, -0.25) is 4.90 Å². The molecule has 9 heteroatoms. The molecule has 1 aliphatic rings. The number of nitrogens with zero attached hydrogens (tertiary/aromatic N) is 1. The van der Waals surface area contributed by atoms with E-state index in [-0.39, 0.29) is 16.7 Å². The highest BCUT2D eigenvalue weighted by Gasteiger charge is 2.31. The number of rotatable bonds is 5. The first kappa shape index (κ1) is 20.6. The molecule has 1 fully saturated rings. The van der Waals surface area contributed by atoms with Crippen LogP contribution in [0.4, 0.5) is 13.2 Å². The molecule has 5 nitrogen and oxygen atoms in total. The van der Waals surface area contributed by atoms with Gasteiger partial charge in [-0.2, -0.15) is 0 Å². The normalized spacial score (nSPS) is 17.3. The summed E-state index contributed by atoms with van der Waals surface area (Å²) in [5.41, 5.74) is 1.68. The maximum absolute atomic E-state index is 12.4. The Morgan fingerprint density at radius 2 is 1.46 bits per heavy atom. The van der Waals surface area contributed by atoms with Gasteiger partial charge >= 0.3 is 6.36 Å². The van der Waals surface area contributed by atoms with Crippen molar-refractivity contribution in [3.8, 4) is 5.75 Å². The zero-order chi connectivity index (χ0) is 20.4. The van der Waals surface area contributed by atoms with E-state index in [1.54, 1.807) is 36.4 Å². The average Bonchev–Trinajstić information content (AvgIpc) is 2.63. The summed E-state index contributed by atoms with van der Waals surface area (Å²) in [4.78, 5) is 2.44. The van der Waals surface area contributed by atoms with E-state index in [1.807, 2.05) is 0 Å². The van der Waals surface area contributed by atoms with E-state index in [9.17, 15) is 21.6 Å². The van der Waals surface area contributed by atoms with Crippen LogP contribution in [0, 0.1) is 0 Å².